The van der Waals surface area contributed by atoms with Crippen LogP contribution in [0, 0.1) is 0 Å². The minimum absolute atomic E-state index is 0.500. The van der Waals surface area contributed by atoms with Crippen LogP contribution in [0.2, 0.25) is 0 Å². The maximum Gasteiger partial charge on any atom is 0.160 e. The lowest BCUT2D eigenvalue weighted by Gasteiger charge is -2.39. The molecule has 51 heavy (non-hydrogen) atoms. The molecule has 238 valence electrons. The first-order chi connectivity index (χ1) is 25.3. The summed E-state index contributed by atoms with van der Waals surface area (Å²) < 4.78 is 9.13. The highest BCUT2D eigenvalue weighted by molar-refractivity contribution is 7.26. The van der Waals surface area contributed by atoms with Crippen molar-refractivity contribution in [1.82, 2.24) is 9.97 Å². The van der Waals surface area contributed by atoms with E-state index >= 15 is 0 Å². The van der Waals surface area contributed by atoms with Crippen LogP contribution in [0.1, 0.15) is 22.3 Å². The first-order valence-corrected chi connectivity index (χ1v) is 18.1. The molecule has 0 atom stereocenters. The van der Waals surface area contributed by atoms with E-state index in [1.807, 2.05) is 6.07 Å². The van der Waals surface area contributed by atoms with Crippen molar-refractivity contribution in [2.45, 2.75) is 5.41 Å². The number of hydrogen-bond donors (Lipinski definition) is 0. The summed E-state index contributed by atoms with van der Waals surface area (Å²) >= 11 is 1.75. The summed E-state index contributed by atoms with van der Waals surface area (Å²) in [6.07, 6.45) is 0. The first-order valence-electron chi connectivity index (χ1n) is 17.2. The Morgan fingerprint density at radius 2 is 1.04 bits per heavy atom. The molecule has 2 aromatic heterocycles. The molecule has 0 unspecified atom stereocenters. The average molecular weight is 669 g/mol. The van der Waals surface area contributed by atoms with Gasteiger partial charge in [-0.1, -0.05) is 152 Å². The highest BCUT2D eigenvalue weighted by Gasteiger charge is 2.50. The number of ether oxygens (including phenoxy) is 1. The van der Waals surface area contributed by atoms with Crippen LogP contribution in [0.15, 0.2) is 170 Å². The fraction of sp³-hybridized carbons (Fsp3) is 0.0213. The second kappa shape index (κ2) is 10.8. The van der Waals surface area contributed by atoms with Crippen LogP contribution in [-0.4, -0.2) is 9.97 Å². The maximum absolute atomic E-state index is 6.86. The summed E-state index contributed by atoms with van der Waals surface area (Å²) in [5, 5.41) is 1.14. The van der Waals surface area contributed by atoms with Gasteiger partial charge in [-0.3, -0.25) is 0 Å². The Hall–Kier alpha value is -6.36. The van der Waals surface area contributed by atoms with Crippen LogP contribution in [0.3, 0.4) is 0 Å². The van der Waals surface area contributed by atoms with Gasteiger partial charge in [-0.2, -0.15) is 0 Å². The molecule has 0 N–H and O–H groups in total. The van der Waals surface area contributed by atoms with E-state index in [-0.39, 0.29) is 0 Å². The van der Waals surface area contributed by atoms with E-state index in [1.54, 1.807) is 11.3 Å². The standard InChI is InChI=1S/C47H28N2OS/c1-2-12-29(13-3-1)30-22-24-31(25-23-30)46-48-43(45-44(49-46)35-16-6-11-21-42(35)51-45)32-26-27-39-41(28-32)50-40-20-10-9-19-38(40)47(39)36-17-7-4-14-33(36)34-15-5-8-18-37(34)47/h1-28H. The van der Waals surface area contributed by atoms with Gasteiger partial charge in [-0.05, 0) is 51.6 Å². The Bertz CT molecular complexity index is 2790. The molecule has 1 aliphatic carbocycles. The Kier molecular flexibility index (Phi) is 6.04. The predicted molar refractivity (Wildman–Crippen MR) is 209 cm³/mol. The number of nitrogens with zero attached hydrogens (tertiary/aromatic N) is 2. The maximum atomic E-state index is 6.86. The van der Waals surface area contributed by atoms with Gasteiger partial charge in [-0.25, -0.2) is 9.97 Å². The Labute approximate surface area is 299 Å². The van der Waals surface area contributed by atoms with Gasteiger partial charge in [-0.15, -0.1) is 11.3 Å². The molecule has 0 bridgehead atoms. The summed E-state index contributed by atoms with van der Waals surface area (Å²) in [7, 11) is 0. The predicted octanol–water partition coefficient (Wildman–Crippen LogP) is 12.3. The van der Waals surface area contributed by atoms with Crippen molar-refractivity contribution in [2.24, 2.45) is 0 Å². The molecule has 0 radical (unpaired) electrons. The van der Waals surface area contributed by atoms with Crippen LogP contribution in [-0.2, 0) is 5.41 Å². The molecule has 9 aromatic rings. The van der Waals surface area contributed by atoms with Gasteiger partial charge >= 0.3 is 0 Å². The van der Waals surface area contributed by atoms with Gasteiger partial charge in [0.2, 0.25) is 0 Å². The van der Waals surface area contributed by atoms with Crippen LogP contribution in [0.25, 0.3) is 65.2 Å². The number of rotatable bonds is 3. The van der Waals surface area contributed by atoms with Crippen molar-refractivity contribution in [3.8, 4) is 56.4 Å². The van der Waals surface area contributed by atoms with Gasteiger partial charge in [0, 0.05) is 32.3 Å². The molecule has 0 amide bonds. The summed E-state index contributed by atoms with van der Waals surface area (Å²) in [5.74, 6) is 2.43. The molecule has 2 aliphatic rings. The van der Waals surface area contributed by atoms with Crippen molar-refractivity contribution in [3.05, 3.63) is 192 Å². The lowest BCUT2D eigenvalue weighted by atomic mass is 9.66. The molecule has 1 spiro atoms. The van der Waals surface area contributed by atoms with E-state index in [4.69, 9.17) is 14.7 Å². The van der Waals surface area contributed by atoms with Crippen LogP contribution in [0.5, 0.6) is 11.5 Å². The van der Waals surface area contributed by atoms with Crippen LogP contribution < -0.4 is 4.74 Å². The number of aromatic nitrogens is 2. The third-order valence-electron chi connectivity index (χ3n) is 10.6. The van der Waals surface area contributed by atoms with E-state index in [9.17, 15) is 0 Å². The largest absolute Gasteiger partial charge is 0.457 e. The molecule has 11 rings (SSSR count). The third-order valence-corrected chi connectivity index (χ3v) is 11.8. The second-order valence-corrected chi connectivity index (χ2v) is 14.3. The first kappa shape index (κ1) is 28.5. The fourth-order valence-corrected chi connectivity index (χ4v) is 9.52. The average Bonchev–Trinajstić information content (AvgIpc) is 3.72. The number of para-hydroxylation sites is 1. The second-order valence-electron chi connectivity index (χ2n) is 13.3. The topological polar surface area (TPSA) is 35.0 Å². The van der Waals surface area contributed by atoms with Gasteiger partial charge in [0.05, 0.1) is 21.3 Å². The van der Waals surface area contributed by atoms with E-state index in [2.05, 4.69) is 164 Å². The van der Waals surface area contributed by atoms with Crippen molar-refractivity contribution in [2.75, 3.05) is 0 Å². The third kappa shape index (κ3) is 4.05. The minimum Gasteiger partial charge on any atom is -0.457 e. The summed E-state index contributed by atoms with van der Waals surface area (Å²) in [6, 6.07) is 60.5. The highest BCUT2D eigenvalue weighted by Crippen LogP contribution is 2.62. The van der Waals surface area contributed by atoms with E-state index in [0.29, 0.717) is 5.82 Å². The molecule has 4 heteroatoms. The minimum atomic E-state index is -0.500. The van der Waals surface area contributed by atoms with Crippen molar-refractivity contribution in [1.29, 1.82) is 0 Å². The molecule has 0 fully saturated rings. The summed E-state index contributed by atoms with van der Waals surface area (Å²) in [6.45, 7) is 0. The Balaban J connectivity index is 1.14. The Morgan fingerprint density at radius 3 is 1.82 bits per heavy atom. The van der Waals surface area contributed by atoms with E-state index < -0.39 is 5.41 Å². The quantitative estimate of drug-likeness (QED) is 0.188. The Morgan fingerprint density at radius 1 is 0.451 bits per heavy atom. The molecule has 3 nitrogen and oxygen atoms in total. The van der Waals surface area contributed by atoms with Crippen molar-refractivity contribution >= 4 is 31.6 Å². The number of hydrogen-bond acceptors (Lipinski definition) is 4. The van der Waals surface area contributed by atoms with Gasteiger partial charge in [0.25, 0.3) is 0 Å². The molecule has 0 saturated carbocycles. The monoisotopic (exact) mass is 668 g/mol. The number of fused-ring (bicyclic) bond motifs is 12. The van der Waals surface area contributed by atoms with Crippen molar-refractivity contribution in [3.63, 3.8) is 0 Å². The van der Waals surface area contributed by atoms with Gasteiger partial charge < -0.3 is 4.74 Å². The van der Waals surface area contributed by atoms with E-state index in [0.717, 1.165) is 60.6 Å². The molecule has 3 heterocycles. The molecular formula is C47H28N2OS. The summed E-state index contributed by atoms with van der Waals surface area (Å²) in [4.78, 5) is 10.6. The molecule has 1 aliphatic heterocycles. The molecule has 0 saturated heterocycles. The zero-order valence-electron chi connectivity index (χ0n) is 27.4. The van der Waals surface area contributed by atoms with Gasteiger partial charge in [0.15, 0.2) is 5.82 Å². The normalized spacial score (nSPS) is 13.4. The zero-order valence-corrected chi connectivity index (χ0v) is 28.2. The zero-order chi connectivity index (χ0) is 33.5. The van der Waals surface area contributed by atoms with Crippen LogP contribution >= 0.6 is 11.3 Å². The fourth-order valence-electron chi connectivity index (χ4n) is 8.37. The molecular weight excluding hydrogens is 641 g/mol. The molecule has 7 aromatic carbocycles. The number of thiophene rings is 1. The van der Waals surface area contributed by atoms with E-state index in [1.165, 1.54) is 32.5 Å². The lowest BCUT2D eigenvalue weighted by Crippen LogP contribution is -2.32. The van der Waals surface area contributed by atoms with Crippen LogP contribution in [0.4, 0.5) is 0 Å². The SMILES string of the molecule is c1ccc(-c2ccc(-c3nc(-c4ccc5c(c4)Oc4ccccc4C54c5ccccc5-c5ccccc54)c4sc5ccccc5c4n3)cc2)cc1. The van der Waals surface area contributed by atoms with Gasteiger partial charge in [0.1, 0.15) is 11.5 Å². The lowest BCUT2D eigenvalue weighted by molar-refractivity contribution is 0.436. The smallest absolute Gasteiger partial charge is 0.160 e. The number of benzene rings is 7. The summed E-state index contributed by atoms with van der Waals surface area (Å²) in [5.41, 5.74) is 13.1. The van der Waals surface area contributed by atoms with Crippen molar-refractivity contribution < 1.29 is 4.74 Å². The highest BCUT2D eigenvalue weighted by atomic mass is 32.1.